The van der Waals surface area contributed by atoms with E-state index in [1.807, 2.05) is 0 Å². The number of carbonyl (C=O) groups excluding carboxylic acids is 3. The zero-order valence-electron chi connectivity index (χ0n) is 16.8. The summed E-state index contributed by atoms with van der Waals surface area (Å²) in [6, 6.07) is 18.2. The summed E-state index contributed by atoms with van der Waals surface area (Å²) >= 11 is 5.97. The molecule has 0 aliphatic heterocycles. The maximum absolute atomic E-state index is 12.8. The molecule has 0 radical (unpaired) electrons. The molecule has 0 aromatic heterocycles. The Hall–Kier alpha value is -4.04. The van der Waals surface area contributed by atoms with Gasteiger partial charge in [0.1, 0.15) is 0 Å². The number of nitro benzene ring substituents is 1. The summed E-state index contributed by atoms with van der Waals surface area (Å²) < 4.78 is 5.24. The second-order valence-corrected chi connectivity index (χ2v) is 7.11. The summed E-state index contributed by atoms with van der Waals surface area (Å²) in [6.07, 6.45) is -1.23. The first kappa shape index (κ1) is 22.6. The number of hydrogen-bond acceptors (Lipinski definition) is 6. The van der Waals surface area contributed by atoms with Gasteiger partial charge in [0.05, 0.1) is 21.2 Å². The molecule has 8 nitrogen and oxygen atoms in total. The van der Waals surface area contributed by atoms with Gasteiger partial charge in [-0.1, -0.05) is 60.1 Å². The predicted octanol–water partition coefficient (Wildman–Crippen LogP) is 4.66. The maximum atomic E-state index is 12.8. The van der Waals surface area contributed by atoms with Crippen molar-refractivity contribution < 1.29 is 24.0 Å². The number of nitrogens with one attached hydrogen (secondary N) is 1. The van der Waals surface area contributed by atoms with E-state index in [0.717, 1.165) is 6.07 Å². The number of ketones is 1. The van der Waals surface area contributed by atoms with Gasteiger partial charge >= 0.3 is 5.97 Å². The molecule has 1 amide bonds. The number of rotatable bonds is 7. The average Bonchev–Trinajstić information content (AvgIpc) is 2.80. The van der Waals surface area contributed by atoms with Crippen molar-refractivity contribution >= 4 is 40.6 Å². The summed E-state index contributed by atoms with van der Waals surface area (Å²) in [5, 5.41) is 13.2. The van der Waals surface area contributed by atoms with Crippen LogP contribution in [0.4, 0.5) is 11.4 Å². The Bertz CT molecular complexity index is 1200. The van der Waals surface area contributed by atoms with Crippen molar-refractivity contribution in [3.8, 4) is 0 Å². The Morgan fingerprint density at radius 1 is 0.969 bits per heavy atom. The van der Waals surface area contributed by atoms with Crippen LogP contribution in [0.15, 0.2) is 72.8 Å². The van der Waals surface area contributed by atoms with Crippen molar-refractivity contribution in [2.24, 2.45) is 0 Å². The maximum Gasteiger partial charge on any atom is 0.339 e. The quantitative estimate of drug-likeness (QED) is 0.241. The predicted molar refractivity (Wildman–Crippen MR) is 118 cm³/mol. The number of nitro groups is 1. The van der Waals surface area contributed by atoms with E-state index in [4.69, 9.17) is 16.3 Å². The molecule has 0 aliphatic carbocycles. The zero-order chi connectivity index (χ0) is 23.3. The number of benzene rings is 3. The number of esters is 1. The lowest BCUT2D eigenvalue weighted by atomic mass is 9.98. The Balaban J connectivity index is 1.73. The van der Waals surface area contributed by atoms with E-state index < -0.39 is 22.9 Å². The fraction of sp³-hybridized carbons (Fsp3) is 0.0870. The molecule has 1 unspecified atom stereocenters. The number of hydrogen-bond donors (Lipinski definition) is 1. The lowest BCUT2D eigenvalue weighted by molar-refractivity contribution is -0.384. The highest BCUT2D eigenvalue weighted by atomic mass is 35.5. The monoisotopic (exact) mass is 452 g/mol. The van der Waals surface area contributed by atoms with Crippen molar-refractivity contribution in [1.29, 1.82) is 0 Å². The summed E-state index contributed by atoms with van der Waals surface area (Å²) in [6.45, 7) is 1.36. The first-order chi connectivity index (χ1) is 15.3. The van der Waals surface area contributed by atoms with E-state index in [2.05, 4.69) is 5.32 Å². The van der Waals surface area contributed by atoms with Crippen LogP contribution < -0.4 is 5.32 Å². The smallest absolute Gasteiger partial charge is 0.339 e. The molecule has 3 aromatic rings. The van der Waals surface area contributed by atoms with Gasteiger partial charge in [0.2, 0.25) is 0 Å². The molecule has 0 bridgehead atoms. The molecule has 0 spiro atoms. The molecule has 1 N–H and O–H groups in total. The van der Waals surface area contributed by atoms with Crippen LogP contribution in [-0.2, 0) is 9.53 Å². The third kappa shape index (κ3) is 5.16. The third-order valence-corrected chi connectivity index (χ3v) is 4.81. The van der Waals surface area contributed by atoms with Gasteiger partial charge in [-0.15, -0.1) is 0 Å². The molecule has 0 saturated heterocycles. The number of halogens is 1. The van der Waals surface area contributed by atoms with E-state index in [1.54, 1.807) is 42.5 Å². The number of non-ortho nitro benzene ring substituents is 1. The van der Waals surface area contributed by atoms with Gasteiger partial charge in [-0.2, -0.15) is 0 Å². The molecule has 9 heteroatoms. The standard InChI is InChI=1S/C23H17ClN2O6/c1-14(22(28)25-20-12-11-16(26(30)31)13-19(20)24)32-23(29)18-10-6-5-9-17(18)21(27)15-7-3-2-4-8-15/h2-14H,1H3,(H,25,28). The van der Waals surface area contributed by atoms with Gasteiger partial charge in [-0.3, -0.25) is 19.7 Å². The second-order valence-electron chi connectivity index (χ2n) is 6.70. The Labute approximate surface area is 187 Å². The van der Waals surface area contributed by atoms with Crippen LogP contribution in [0.5, 0.6) is 0 Å². The van der Waals surface area contributed by atoms with Crippen LogP contribution >= 0.6 is 11.6 Å². The van der Waals surface area contributed by atoms with Crippen LogP contribution in [0.2, 0.25) is 5.02 Å². The fourth-order valence-electron chi connectivity index (χ4n) is 2.84. The van der Waals surface area contributed by atoms with Crippen LogP contribution in [0.3, 0.4) is 0 Å². The molecule has 0 saturated carbocycles. The normalized spacial score (nSPS) is 11.3. The number of amides is 1. The largest absolute Gasteiger partial charge is 0.449 e. The Morgan fingerprint density at radius 3 is 2.22 bits per heavy atom. The van der Waals surface area contributed by atoms with Gasteiger partial charge < -0.3 is 10.1 Å². The fourth-order valence-corrected chi connectivity index (χ4v) is 3.06. The van der Waals surface area contributed by atoms with Crippen LogP contribution in [0, 0.1) is 10.1 Å². The Morgan fingerprint density at radius 2 is 1.59 bits per heavy atom. The molecule has 0 heterocycles. The zero-order valence-corrected chi connectivity index (χ0v) is 17.5. The van der Waals surface area contributed by atoms with Gasteiger partial charge in [0, 0.05) is 23.3 Å². The van der Waals surface area contributed by atoms with Crippen molar-refractivity contribution in [1.82, 2.24) is 0 Å². The van der Waals surface area contributed by atoms with Crippen molar-refractivity contribution in [3.63, 3.8) is 0 Å². The van der Waals surface area contributed by atoms with E-state index in [1.165, 1.54) is 31.2 Å². The van der Waals surface area contributed by atoms with Gasteiger partial charge in [-0.05, 0) is 19.1 Å². The first-order valence-electron chi connectivity index (χ1n) is 9.42. The molecule has 3 aromatic carbocycles. The van der Waals surface area contributed by atoms with Gasteiger partial charge in [0.15, 0.2) is 11.9 Å². The lowest BCUT2D eigenvalue weighted by Gasteiger charge is -2.15. The third-order valence-electron chi connectivity index (χ3n) is 4.50. The summed E-state index contributed by atoms with van der Waals surface area (Å²) in [4.78, 5) is 48.1. The highest BCUT2D eigenvalue weighted by Crippen LogP contribution is 2.27. The molecular weight excluding hydrogens is 436 g/mol. The topological polar surface area (TPSA) is 116 Å². The summed E-state index contributed by atoms with van der Waals surface area (Å²) in [5.74, 6) is -1.89. The van der Waals surface area contributed by atoms with E-state index in [-0.39, 0.29) is 33.3 Å². The van der Waals surface area contributed by atoms with E-state index in [0.29, 0.717) is 5.56 Å². The van der Waals surface area contributed by atoms with Crippen molar-refractivity contribution in [3.05, 3.63) is 105 Å². The first-order valence-corrected chi connectivity index (χ1v) is 9.80. The minimum absolute atomic E-state index is 0.0226. The molecule has 1 atom stereocenters. The number of anilines is 1. The minimum Gasteiger partial charge on any atom is -0.449 e. The molecule has 0 aliphatic rings. The average molecular weight is 453 g/mol. The number of nitrogens with zero attached hydrogens (tertiary/aromatic N) is 1. The summed E-state index contributed by atoms with van der Waals surface area (Å²) in [5.41, 5.74) is 0.479. The molecule has 0 fully saturated rings. The highest BCUT2D eigenvalue weighted by Gasteiger charge is 2.24. The summed E-state index contributed by atoms with van der Waals surface area (Å²) in [7, 11) is 0. The SMILES string of the molecule is CC(OC(=O)c1ccccc1C(=O)c1ccccc1)C(=O)Nc1ccc([N+](=O)[O-])cc1Cl. The number of carbonyl (C=O) groups is 3. The minimum atomic E-state index is -1.23. The molecule has 32 heavy (non-hydrogen) atoms. The van der Waals surface area contributed by atoms with Crippen LogP contribution in [0.1, 0.15) is 33.2 Å². The van der Waals surface area contributed by atoms with Gasteiger partial charge in [0.25, 0.3) is 11.6 Å². The Kier molecular flexibility index (Phi) is 6.97. The number of ether oxygens (including phenoxy) is 1. The van der Waals surface area contributed by atoms with E-state index >= 15 is 0 Å². The van der Waals surface area contributed by atoms with Gasteiger partial charge in [-0.25, -0.2) is 4.79 Å². The molecule has 162 valence electrons. The van der Waals surface area contributed by atoms with Crippen molar-refractivity contribution in [2.75, 3.05) is 5.32 Å². The lowest BCUT2D eigenvalue weighted by Crippen LogP contribution is -2.30. The molecule has 3 rings (SSSR count). The van der Waals surface area contributed by atoms with Crippen LogP contribution in [-0.4, -0.2) is 28.7 Å². The highest BCUT2D eigenvalue weighted by molar-refractivity contribution is 6.34. The second kappa shape index (κ2) is 9.84. The molecular formula is C23H17ClN2O6. The van der Waals surface area contributed by atoms with Crippen LogP contribution in [0.25, 0.3) is 0 Å². The van der Waals surface area contributed by atoms with E-state index in [9.17, 15) is 24.5 Å². The van der Waals surface area contributed by atoms with Crippen molar-refractivity contribution in [2.45, 2.75) is 13.0 Å².